The maximum atomic E-state index is 13.6. The second-order valence-corrected chi connectivity index (χ2v) is 7.24. The molecule has 9 heteroatoms. The molecule has 2 aliphatic rings. The van der Waals surface area contributed by atoms with Crippen LogP contribution in [0.4, 0.5) is 5.69 Å². The van der Waals surface area contributed by atoms with Gasteiger partial charge in [0.15, 0.2) is 0 Å². The van der Waals surface area contributed by atoms with Gasteiger partial charge in [-0.15, -0.1) is 0 Å². The van der Waals surface area contributed by atoms with Crippen LogP contribution in [0.25, 0.3) is 0 Å². The SMILES string of the molecule is CCOC(=O)C1(C(=O)OCC)N[C@@H](c2ccco2)[C@H]2C(=O)N(c3ccccc3)C(=O)[C@H]21. The van der Waals surface area contributed by atoms with E-state index in [1.165, 1.54) is 6.26 Å². The average Bonchev–Trinajstić information content (AvgIpc) is 3.46. The van der Waals surface area contributed by atoms with E-state index >= 15 is 0 Å². The highest BCUT2D eigenvalue weighted by atomic mass is 16.6. The molecular weight excluding hydrogens is 404 g/mol. The monoisotopic (exact) mass is 426 g/mol. The predicted octanol–water partition coefficient (Wildman–Crippen LogP) is 1.59. The number of anilines is 1. The third-order valence-electron chi connectivity index (χ3n) is 5.62. The molecule has 1 aromatic carbocycles. The number of hydrogen-bond donors (Lipinski definition) is 1. The summed E-state index contributed by atoms with van der Waals surface area (Å²) >= 11 is 0. The zero-order chi connectivity index (χ0) is 22.2. The van der Waals surface area contributed by atoms with Crippen molar-refractivity contribution in [3.05, 3.63) is 54.5 Å². The van der Waals surface area contributed by atoms with Crippen LogP contribution in [0.3, 0.4) is 0 Å². The Bertz CT molecular complexity index is 984. The molecule has 2 fully saturated rings. The number of fused-ring (bicyclic) bond motifs is 1. The summed E-state index contributed by atoms with van der Waals surface area (Å²) in [5, 5.41) is 2.90. The van der Waals surface area contributed by atoms with Gasteiger partial charge in [-0.05, 0) is 38.1 Å². The Morgan fingerprint density at radius 2 is 1.65 bits per heavy atom. The highest BCUT2D eigenvalue weighted by Gasteiger charge is 2.73. The Kier molecular flexibility index (Phi) is 5.36. The van der Waals surface area contributed by atoms with Crippen LogP contribution in [-0.4, -0.2) is 42.5 Å². The van der Waals surface area contributed by atoms with Crippen LogP contribution in [0.1, 0.15) is 25.6 Å². The van der Waals surface area contributed by atoms with Crippen LogP contribution < -0.4 is 10.2 Å². The largest absolute Gasteiger partial charge is 0.468 e. The van der Waals surface area contributed by atoms with E-state index in [4.69, 9.17) is 13.9 Å². The van der Waals surface area contributed by atoms with Crippen molar-refractivity contribution in [3.8, 4) is 0 Å². The third kappa shape index (κ3) is 3.04. The second-order valence-electron chi connectivity index (χ2n) is 7.24. The highest BCUT2D eigenvalue weighted by Crippen LogP contribution is 2.50. The smallest absolute Gasteiger partial charge is 0.338 e. The average molecular weight is 426 g/mol. The molecule has 0 saturated carbocycles. The molecule has 0 radical (unpaired) electrons. The lowest BCUT2D eigenvalue weighted by atomic mass is 9.79. The lowest BCUT2D eigenvalue weighted by molar-refractivity contribution is -0.169. The van der Waals surface area contributed by atoms with Gasteiger partial charge >= 0.3 is 11.9 Å². The first kappa shape index (κ1) is 20.8. The number of furan rings is 1. The second kappa shape index (κ2) is 7.99. The van der Waals surface area contributed by atoms with Gasteiger partial charge in [0.25, 0.3) is 0 Å². The molecule has 2 aromatic rings. The highest BCUT2D eigenvalue weighted by molar-refractivity contribution is 6.27. The molecule has 0 aliphatic carbocycles. The fraction of sp³-hybridized carbons (Fsp3) is 0.364. The van der Waals surface area contributed by atoms with Crippen LogP contribution >= 0.6 is 0 Å². The molecule has 4 rings (SSSR count). The van der Waals surface area contributed by atoms with Crippen molar-refractivity contribution in [2.24, 2.45) is 11.8 Å². The van der Waals surface area contributed by atoms with Crippen molar-refractivity contribution in [1.29, 1.82) is 0 Å². The van der Waals surface area contributed by atoms with Gasteiger partial charge in [-0.2, -0.15) is 0 Å². The third-order valence-corrected chi connectivity index (χ3v) is 5.62. The first-order chi connectivity index (χ1) is 15.0. The number of esters is 2. The van der Waals surface area contributed by atoms with Gasteiger partial charge in [-0.25, -0.2) is 14.5 Å². The van der Waals surface area contributed by atoms with E-state index in [1.54, 1.807) is 56.3 Å². The summed E-state index contributed by atoms with van der Waals surface area (Å²) < 4.78 is 15.8. The molecule has 3 atom stereocenters. The van der Waals surface area contributed by atoms with Crippen LogP contribution in [0.2, 0.25) is 0 Å². The lowest BCUT2D eigenvalue weighted by Crippen LogP contribution is -2.62. The van der Waals surface area contributed by atoms with E-state index in [0.717, 1.165) is 4.90 Å². The van der Waals surface area contributed by atoms with Crippen molar-refractivity contribution < 1.29 is 33.1 Å². The summed E-state index contributed by atoms with van der Waals surface area (Å²) in [6.07, 6.45) is 1.41. The summed E-state index contributed by atoms with van der Waals surface area (Å²) in [6, 6.07) is 10.7. The molecule has 2 saturated heterocycles. The molecule has 2 aliphatic heterocycles. The van der Waals surface area contributed by atoms with Crippen LogP contribution in [0.15, 0.2) is 53.1 Å². The van der Waals surface area contributed by atoms with E-state index in [-0.39, 0.29) is 13.2 Å². The molecule has 0 bridgehead atoms. The standard InChI is InChI=1S/C22H22N2O7/c1-3-29-20(27)22(21(28)30-4-2)16-15(17(23-22)14-11-8-12-31-14)18(25)24(19(16)26)13-9-6-5-7-10-13/h5-12,15-17,23H,3-4H2,1-2H3/t15-,16-,17-/m0/s1. The summed E-state index contributed by atoms with van der Waals surface area (Å²) in [6.45, 7) is 3.14. The van der Waals surface area contributed by atoms with Gasteiger partial charge in [0.05, 0.1) is 43.0 Å². The lowest BCUT2D eigenvalue weighted by Gasteiger charge is -2.30. The van der Waals surface area contributed by atoms with E-state index in [9.17, 15) is 19.2 Å². The first-order valence-electron chi connectivity index (χ1n) is 10.1. The molecule has 0 unspecified atom stereocenters. The number of carbonyl (C=O) groups is 4. The Hall–Kier alpha value is -3.46. The molecule has 0 spiro atoms. The molecular formula is C22H22N2O7. The maximum Gasteiger partial charge on any atom is 0.338 e. The molecule has 3 heterocycles. The summed E-state index contributed by atoms with van der Waals surface area (Å²) in [5.41, 5.74) is -1.82. The Morgan fingerprint density at radius 3 is 2.19 bits per heavy atom. The topological polar surface area (TPSA) is 115 Å². The minimum atomic E-state index is -2.18. The maximum absolute atomic E-state index is 13.6. The number of rotatable bonds is 6. The predicted molar refractivity (Wildman–Crippen MR) is 106 cm³/mol. The molecule has 1 N–H and O–H groups in total. The first-order valence-corrected chi connectivity index (χ1v) is 10.1. The summed E-state index contributed by atoms with van der Waals surface area (Å²) in [5.74, 6) is -5.24. The number of ether oxygens (including phenoxy) is 2. The summed E-state index contributed by atoms with van der Waals surface area (Å²) in [4.78, 5) is 54.3. The number of benzene rings is 1. The fourth-order valence-corrected chi connectivity index (χ4v) is 4.40. The van der Waals surface area contributed by atoms with Gasteiger partial charge in [0.1, 0.15) is 5.76 Å². The quantitative estimate of drug-likeness (QED) is 0.421. The summed E-state index contributed by atoms with van der Waals surface area (Å²) in [7, 11) is 0. The number of nitrogens with one attached hydrogen (secondary N) is 1. The van der Waals surface area contributed by atoms with Crippen LogP contribution in [0.5, 0.6) is 0 Å². The van der Waals surface area contributed by atoms with Crippen molar-refractivity contribution in [2.75, 3.05) is 18.1 Å². The van der Waals surface area contributed by atoms with Crippen LogP contribution in [0, 0.1) is 11.8 Å². The van der Waals surface area contributed by atoms with Crippen molar-refractivity contribution >= 4 is 29.4 Å². The minimum absolute atomic E-state index is 0.0188. The van der Waals surface area contributed by atoms with E-state index in [1.807, 2.05) is 0 Å². The van der Waals surface area contributed by atoms with Gasteiger partial charge in [-0.1, -0.05) is 18.2 Å². The minimum Gasteiger partial charge on any atom is -0.468 e. The Morgan fingerprint density at radius 1 is 1.00 bits per heavy atom. The zero-order valence-electron chi connectivity index (χ0n) is 17.1. The van der Waals surface area contributed by atoms with Crippen LogP contribution in [-0.2, 0) is 28.7 Å². The molecule has 2 amide bonds. The number of nitrogens with zero attached hydrogens (tertiary/aromatic N) is 1. The van der Waals surface area contributed by atoms with Gasteiger partial charge < -0.3 is 13.9 Å². The van der Waals surface area contributed by atoms with E-state index in [2.05, 4.69) is 5.32 Å². The number of hydrogen-bond acceptors (Lipinski definition) is 8. The Labute approximate surface area is 178 Å². The van der Waals surface area contributed by atoms with Crippen molar-refractivity contribution in [3.63, 3.8) is 0 Å². The molecule has 1 aromatic heterocycles. The molecule has 31 heavy (non-hydrogen) atoms. The number of para-hydroxylation sites is 1. The van der Waals surface area contributed by atoms with Gasteiger partial charge in [0.2, 0.25) is 17.4 Å². The van der Waals surface area contributed by atoms with Gasteiger partial charge in [-0.3, -0.25) is 14.9 Å². The molecule has 9 nitrogen and oxygen atoms in total. The van der Waals surface area contributed by atoms with Crippen molar-refractivity contribution in [2.45, 2.75) is 25.4 Å². The zero-order valence-corrected chi connectivity index (χ0v) is 17.1. The number of amides is 2. The van der Waals surface area contributed by atoms with E-state index < -0.39 is 47.2 Å². The van der Waals surface area contributed by atoms with Gasteiger partial charge in [0, 0.05) is 0 Å². The fourth-order valence-electron chi connectivity index (χ4n) is 4.40. The molecule has 162 valence electrons. The number of imide groups is 1. The van der Waals surface area contributed by atoms with Crippen molar-refractivity contribution in [1.82, 2.24) is 5.32 Å². The van der Waals surface area contributed by atoms with E-state index in [0.29, 0.717) is 11.4 Å². The number of carbonyl (C=O) groups excluding carboxylic acids is 4. The Balaban J connectivity index is 1.89. The normalized spacial score (nSPS) is 24.2.